The average molecular weight is 695 g/mol. The van der Waals surface area contributed by atoms with E-state index in [0.29, 0.717) is 42.4 Å². The molecule has 0 aromatic rings. The summed E-state index contributed by atoms with van der Waals surface area (Å²) in [5, 5.41) is 31.3. The molecule has 5 atom stereocenters. The van der Waals surface area contributed by atoms with E-state index in [4.69, 9.17) is 9.84 Å². The molecule has 1 amide bonds. The SMILES string of the molecule is CC(C)CCC[C@H](C(=O)O)C1CCCCC1.CC(C)CCN(C(=O)OC(C)(C)C)[C@H](C(=O)O)C1CCCCC1.CC1(C)[C@@H]2[C@@H](CO)NC[C@@H]21. The smallest absolute Gasteiger partial charge is 0.411 e. The van der Waals surface area contributed by atoms with Gasteiger partial charge in [-0.05, 0) is 107 Å². The average Bonchev–Trinajstić information content (AvgIpc) is 3.32. The first kappa shape index (κ1) is 43.3. The van der Waals surface area contributed by atoms with Gasteiger partial charge in [0.1, 0.15) is 11.6 Å². The number of hydrogen-bond acceptors (Lipinski definition) is 6. The van der Waals surface area contributed by atoms with Crippen LogP contribution in [0.1, 0.15) is 152 Å². The maximum absolute atomic E-state index is 12.6. The van der Waals surface area contributed by atoms with E-state index in [9.17, 15) is 24.6 Å². The Hall–Kier alpha value is -1.87. The van der Waals surface area contributed by atoms with Crippen molar-refractivity contribution < 1.29 is 34.4 Å². The van der Waals surface area contributed by atoms with Crippen molar-refractivity contribution in [2.75, 3.05) is 19.7 Å². The number of carboxylic acids is 2. The highest BCUT2D eigenvalue weighted by atomic mass is 16.6. The predicted molar refractivity (Wildman–Crippen MR) is 196 cm³/mol. The van der Waals surface area contributed by atoms with Gasteiger partial charge in [-0.3, -0.25) is 9.69 Å². The van der Waals surface area contributed by atoms with Crippen LogP contribution in [-0.2, 0) is 14.3 Å². The standard InChI is InChI=1S/C18H33NO4.C14H26O2.C8H15NO/c1-13(2)11-12-19(17(22)23-18(3,4)5)15(16(20)21)14-9-7-6-8-10-14;1-11(2)7-6-10-13(14(15)16)12-8-4-3-5-9-12;1-8(2)5-3-9-6(4-10)7(5)8/h13-15H,6-12H2,1-5H3,(H,20,21);11-13H,3-10H2,1-2H3,(H,15,16);5-7,9-10H,3-4H2,1-2H3/t15-;13-;5-,6+,7-/m000/s1. The van der Waals surface area contributed by atoms with Crippen LogP contribution in [0.25, 0.3) is 0 Å². The fourth-order valence-electron chi connectivity index (χ4n) is 8.50. The summed E-state index contributed by atoms with van der Waals surface area (Å²) in [5.74, 6) is 1.63. The van der Waals surface area contributed by atoms with Crippen molar-refractivity contribution in [3.05, 3.63) is 0 Å². The molecule has 4 aliphatic rings. The quantitative estimate of drug-likeness (QED) is 0.150. The molecule has 0 unspecified atom stereocenters. The second kappa shape index (κ2) is 20.2. The van der Waals surface area contributed by atoms with E-state index in [-0.39, 0.29) is 11.8 Å². The number of fused-ring (bicyclic) bond motifs is 1. The number of piperidine rings is 1. The first-order chi connectivity index (χ1) is 22.9. The summed E-state index contributed by atoms with van der Waals surface area (Å²) in [6, 6.07) is -0.385. The molecule has 286 valence electrons. The number of nitrogens with one attached hydrogen (secondary N) is 1. The van der Waals surface area contributed by atoms with Crippen LogP contribution in [0, 0.1) is 46.8 Å². The second-order valence-corrected chi connectivity index (χ2v) is 17.9. The van der Waals surface area contributed by atoms with Gasteiger partial charge in [0, 0.05) is 12.6 Å². The number of carbonyl (C=O) groups excluding carboxylic acids is 1. The van der Waals surface area contributed by atoms with Crippen molar-refractivity contribution in [3.8, 4) is 0 Å². The van der Waals surface area contributed by atoms with Gasteiger partial charge in [0.25, 0.3) is 0 Å². The fourth-order valence-corrected chi connectivity index (χ4v) is 8.50. The number of aliphatic hydroxyl groups excluding tert-OH is 1. The molecule has 1 saturated heterocycles. The number of amides is 1. The number of carboxylic acid groups (broad SMARTS) is 2. The minimum absolute atomic E-state index is 0.0286. The van der Waals surface area contributed by atoms with Crippen LogP contribution < -0.4 is 5.32 Å². The largest absolute Gasteiger partial charge is 0.481 e. The molecule has 49 heavy (non-hydrogen) atoms. The molecule has 1 heterocycles. The fraction of sp³-hybridized carbons (Fsp3) is 0.925. The Morgan fingerprint density at radius 1 is 0.816 bits per heavy atom. The van der Waals surface area contributed by atoms with Crippen molar-refractivity contribution in [2.45, 2.75) is 170 Å². The highest BCUT2D eigenvalue weighted by Crippen LogP contribution is 2.62. The van der Waals surface area contributed by atoms with Crippen molar-refractivity contribution in [1.29, 1.82) is 0 Å². The Morgan fingerprint density at radius 3 is 1.73 bits per heavy atom. The molecule has 9 nitrogen and oxygen atoms in total. The summed E-state index contributed by atoms with van der Waals surface area (Å²) < 4.78 is 5.48. The van der Waals surface area contributed by atoms with Gasteiger partial charge in [-0.15, -0.1) is 0 Å². The zero-order valence-electron chi connectivity index (χ0n) is 32.6. The molecule has 3 saturated carbocycles. The van der Waals surface area contributed by atoms with Gasteiger partial charge in [-0.25, -0.2) is 9.59 Å². The lowest BCUT2D eigenvalue weighted by atomic mass is 9.77. The Bertz CT molecular complexity index is 995. The lowest BCUT2D eigenvalue weighted by Gasteiger charge is -2.37. The van der Waals surface area contributed by atoms with Crippen LogP contribution in [0.3, 0.4) is 0 Å². The molecule has 9 heteroatoms. The Labute approximate surface area is 298 Å². The summed E-state index contributed by atoms with van der Waals surface area (Å²) in [4.78, 5) is 37.2. The molecular weight excluding hydrogens is 620 g/mol. The summed E-state index contributed by atoms with van der Waals surface area (Å²) in [6.45, 7) is 20.4. The summed E-state index contributed by atoms with van der Waals surface area (Å²) >= 11 is 0. The minimum atomic E-state index is -0.911. The molecule has 0 bridgehead atoms. The van der Waals surface area contributed by atoms with Crippen molar-refractivity contribution in [3.63, 3.8) is 0 Å². The van der Waals surface area contributed by atoms with Gasteiger partial charge < -0.3 is 25.4 Å². The molecule has 0 radical (unpaired) electrons. The van der Waals surface area contributed by atoms with Gasteiger partial charge in [0.15, 0.2) is 0 Å². The first-order valence-corrected chi connectivity index (χ1v) is 19.7. The number of aliphatic hydroxyl groups is 1. The van der Waals surface area contributed by atoms with E-state index in [1.807, 2.05) is 20.8 Å². The van der Waals surface area contributed by atoms with Crippen molar-refractivity contribution in [2.24, 2.45) is 46.8 Å². The molecule has 0 aromatic heterocycles. The Kier molecular flexibility index (Phi) is 17.9. The number of ether oxygens (including phenoxy) is 1. The highest BCUT2D eigenvalue weighted by molar-refractivity contribution is 5.80. The summed E-state index contributed by atoms with van der Waals surface area (Å²) in [7, 11) is 0. The lowest BCUT2D eigenvalue weighted by Crippen LogP contribution is -2.51. The summed E-state index contributed by atoms with van der Waals surface area (Å²) in [5.41, 5.74) is -0.110. The minimum Gasteiger partial charge on any atom is -0.481 e. The van der Waals surface area contributed by atoms with Gasteiger partial charge in [0.05, 0.1) is 12.5 Å². The topological polar surface area (TPSA) is 136 Å². The van der Waals surface area contributed by atoms with Gasteiger partial charge in [-0.2, -0.15) is 0 Å². The molecule has 3 aliphatic carbocycles. The maximum Gasteiger partial charge on any atom is 0.411 e. The number of hydrogen-bond donors (Lipinski definition) is 4. The summed E-state index contributed by atoms with van der Waals surface area (Å²) in [6.07, 6.45) is 14.4. The lowest BCUT2D eigenvalue weighted by molar-refractivity contribution is -0.146. The van der Waals surface area contributed by atoms with E-state index in [0.717, 1.165) is 89.0 Å². The van der Waals surface area contributed by atoms with E-state index in [2.05, 4.69) is 46.9 Å². The molecule has 4 N–H and O–H groups in total. The second-order valence-electron chi connectivity index (χ2n) is 17.9. The first-order valence-electron chi connectivity index (χ1n) is 19.7. The van der Waals surface area contributed by atoms with Crippen LogP contribution >= 0.6 is 0 Å². The molecule has 0 aromatic carbocycles. The molecular formula is C40H74N2O7. The van der Waals surface area contributed by atoms with Gasteiger partial charge >= 0.3 is 18.0 Å². The zero-order valence-corrected chi connectivity index (χ0v) is 32.6. The molecule has 0 spiro atoms. The van der Waals surface area contributed by atoms with E-state index in [1.54, 1.807) is 0 Å². The molecule has 4 fully saturated rings. The van der Waals surface area contributed by atoms with Crippen LogP contribution in [0.5, 0.6) is 0 Å². The van der Waals surface area contributed by atoms with Crippen LogP contribution in [-0.4, -0.2) is 75.6 Å². The van der Waals surface area contributed by atoms with E-state index < -0.39 is 29.7 Å². The van der Waals surface area contributed by atoms with Gasteiger partial charge in [-0.1, -0.05) is 92.9 Å². The third-order valence-corrected chi connectivity index (χ3v) is 11.5. The zero-order chi connectivity index (χ0) is 36.9. The number of nitrogens with zero attached hydrogens (tertiary/aromatic N) is 1. The van der Waals surface area contributed by atoms with Crippen LogP contribution in [0.4, 0.5) is 4.79 Å². The number of aliphatic carboxylic acids is 2. The maximum atomic E-state index is 12.6. The third kappa shape index (κ3) is 14.3. The normalized spacial score (nSPS) is 24.9. The molecule has 4 rings (SSSR count). The van der Waals surface area contributed by atoms with E-state index >= 15 is 0 Å². The Balaban J connectivity index is 0.000000275. The van der Waals surface area contributed by atoms with Crippen LogP contribution in [0.15, 0.2) is 0 Å². The Morgan fingerprint density at radius 2 is 1.35 bits per heavy atom. The highest BCUT2D eigenvalue weighted by Gasteiger charge is 2.63. The van der Waals surface area contributed by atoms with Crippen molar-refractivity contribution >= 4 is 18.0 Å². The van der Waals surface area contributed by atoms with Crippen LogP contribution in [0.2, 0.25) is 0 Å². The van der Waals surface area contributed by atoms with Gasteiger partial charge in [0.2, 0.25) is 0 Å². The number of carbonyl (C=O) groups is 3. The third-order valence-electron chi connectivity index (χ3n) is 11.5. The number of rotatable bonds is 13. The molecule has 1 aliphatic heterocycles. The van der Waals surface area contributed by atoms with E-state index in [1.165, 1.54) is 24.2 Å². The van der Waals surface area contributed by atoms with Crippen molar-refractivity contribution in [1.82, 2.24) is 10.2 Å². The monoisotopic (exact) mass is 695 g/mol. The predicted octanol–water partition coefficient (Wildman–Crippen LogP) is 8.62.